The number of rotatable bonds is 3. The Morgan fingerprint density at radius 2 is 2.07 bits per heavy atom. The predicted molar refractivity (Wildman–Crippen MR) is 104 cm³/mol. The SMILES string of the molecule is CNC(=O)c1cc([C@H]2CN(C(=O)c3cccnc3)CCO2)nc2ccccc12. The van der Waals surface area contributed by atoms with Crippen LogP contribution in [0.3, 0.4) is 0 Å². The third-order valence-electron chi connectivity index (χ3n) is 4.80. The molecule has 28 heavy (non-hydrogen) atoms. The maximum atomic E-state index is 12.8. The zero-order valence-corrected chi connectivity index (χ0v) is 15.5. The fourth-order valence-corrected chi connectivity index (χ4v) is 3.37. The van der Waals surface area contributed by atoms with Gasteiger partial charge >= 0.3 is 0 Å². The van der Waals surface area contributed by atoms with Gasteiger partial charge in [-0.15, -0.1) is 0 Å². The fourth-order valence-electron chi connectivity index (χ4n) is 3.37. The Bertz CT molecular complexity index is 1020. The van der Waals surface area contributed by atoms with Gasteiger partial charge in [-0.3, -0.25) is 14.6 Å². The van der Waals surface area contributed by atoms with Gasteiger partial charge in [0.15, 0.2) is 0 Å². The van der Waals surface area contributed by atoms with E-state index in [-0.39, 0.29) is 11.8 Å². The summed E-state index contributed by atoms with van der Waals surface area (Å²) in [6.45, 7) is 1.27. The number of benzene rings is 1. The van der Waals surface area contributed by atoms with Crippen molar-refractivity contribution in [1.82, 2.24) is 20.2 Å². The average Bonchev–Trinajstić information content (AvgIpc) is 2.78. The molecule has 1 N–H and O–H groups in total. The molecule has 4 rings (SSSR count). The molecule has 142 valence electrons. The highest BCUT2D eigenvalue weighted by molar-refractivity contribution is 6.06. The van der Waals surface area contributed by atoms with E-state index in [9.17, 15) is 9.59 Å². The minimum Gasteiger partial charge on any atom is -0.368 e. The Labute approximate surface area is 162 Å². The van der Waals surface area contributed by atoms with Crippen molar-refractivity contribution in [2.45, 2.75) is 6.10 Å². The molecule has 0 aliphatic carbocycles. The van der Waals surface area contributed by atoms with Gasteiger partial charge in [0.05, 0.1) is 35.5 Å². The van der Waals surface area contributed by atoms with Crippen molar-refractivity contribution >= 4 is 22.7 Å². The summed E-state index contributed by atoms with van der Waals surface area (Å²) in [4.78, 5) is 35.6. The van der Waals surface area contributed by atoms with E-state index in [1.807, 2.05) is 24.3 Å². The minimum atomic E-state index is -0.401. The molecule has 0 bridgehead atoms. The van der Waals surface area contributed by atoms with Crippen LogP contribution in [0.15, 0.2) is 54.9 Å². The van der Waals surface area contributed by atoms with Crippen molar-refractivity contribution in [3.8, 4) is 0 Å². The molecular weight excluding hydrogens is 356 g/mol. The highest BCUT2D eigenvalue weighted by Gasteiger charge is 2.28. The quantitative estimate of drug-likeness (QED) is 0.758. The molecule has 0 radical (unpaired) electrons. The number of carbonyl (C=O) groups excluding carboxylic acids is 2. The van der Waals surface area contributed by atoms with E-state index in [2.05, 4.69) is 15.3 Å². The van der Waals surface area contributed by atoms with Gasteiger partial charge in [0.1, 0.15) is 6.10 Å². The third-order valence-corrected chi connectivity index (χ3v) is 4.80. The van der Waals surface area contributed by atoms with Crippen molar-refractivity contribution < 1.29 is 14.3 Å². The summed E-state index contributed by atoms with van der Waals surface area (Å²) in [6.07, 6.45) is 2.80. The summed E-state index contributed by atoms with van der Waals surface area (Å²) >= 11 is 0. The van der Waals surface area contributed by atoms with E-state index in [4.69, 9.17) is 4.74 Å². The van der Waals surface area contributed by atoms with Gasteiger partial charge in [-0.25, -0.2) is 4.98 Å². The number of morpholine rings is 1. The molecular formula is C21H20N4O3. The van der Waals surface area contributed by atoms with Crippen LogP contribution in [-0.2, 0) is 4.74 Å². The van der Waals surface area contributed by atoms with Crippen molar-refractivity contribution in [2.24, 2.45) is 0 Å². The zero-order valence-electron chi connectivity index (χ0n) is 15.5. The summed E-state index contributed by atoms with van der Waals surface area (Å²) in [5, 5.41) is 3.46. The molecule has 0 unspecified atom stereocenters. The van der Waals surface area contributed by atoms with E-state index in [1.54, 1.807) is 42.5 Å². The summed E-state index contributed by atoms with van der Waals surface area (Å²) in [5.41, 5.74) is 2.45. The molecule has 1 atom stereocenters. The van der Waals surface area contributed by atoms with Gasteiger partial charge in [-0.1, -0.05) is 18.2 Å². The van der Waals surface area contributed by atoms with Crippen LogP contribution in [-0.4, -0.2) is 53.4 Å². The molecule has 1 fully saturated rings. The second-order valence-corrected chi connectivity index (χ2v) is 6.54. The maximum absolute atomic E-state index is 12.8. The molecule has 1 saturated heterocycles. The molecule has 2 aromatic heterocycles. The lowest BCUT2D eigenvalue weighted by atomic mass is 10.0. The van der Waals surface area contributed by atoms with Crippen LogP contribution < -0.4 is 5.32 Å². The summed E-state index contributed by atoms with van der Waals surface area (Å²) in [5.74, 6) is -0.271. The normalized spacial score (nSPS) is 16.8. The highest BCUT2D eigenvalue weighted by atomic mass is 16.5. The number of amides is 2. The summed E-state index contributed by atoms with van der Waals surface area (Å²) in [7, 11) is 1.60. The van der Waals surface area contributed by atoms with Crippen LogP contribution in [0.25, 0.3) is 10.9 Å². The number of nitrogens with zero attached hydrogens (tertiary/aromatic N) is 3. The van der Waals surface area contributed by atoms with E-state index in [1.165, 1.54) is 0 Å². The Morgan fingerprint density at radius 1 is 1.21 bits per heavy atom. The lowest BCUT2D eigenvalue weighted by Gasteiger charge is -2.33. The molecule has 1 aromatic carbocycles. The topological polar surface area (TPSA) is 84.4 Å². The Morgan fingerprint density at radius 3 is 2.86 bits per heavy atom. The highest BCUT2D eigenvalue weighted by Crippen LogP contribution is 2.26. The number of fused-ring (bicyclic) bond motifs is 1. The first-order valence-corrected chi connectivity index (χ1v) is 9.10. The third kappa shape index (κ3) is 3.44. The summed E-state index contributed by atoms with van der Waals surface area (Å²) < 4.78 is 5.89. The Kier molecular flexibility index (Phi) is 4.99. The lowest BCUT2D eigenvalue weighted by Crippen LogP contribution is -2.42. The van der Waals surface area contributed by atoms with Gasteiger partial charge in [-0.05, 0) is 24.3 Å². The largest absolute Gasteiger partial charge is 0.368 e. The molecule has 7 nitrogen and oxygen atoms in total. The number of pyridine rings is 2. The van der Waals surface area contributed by atoms with Crippen molar-refractivity contribution in [3.63, 3.8) is 0 Å². The van der Waals surface area contributed by atoms with Gasteiger partial charge in [0.25, 0.3) is 11.8 Å². The van der Waals surface area contributed by atoms with Gasteiger partial charge in [0.2, 0.25) is 0 Å². The molecule has 0 spiro atoms. The minimum absolute atomic E-state index is 0.0892. The van der Waals surface area contributed by atoms with Crippen LogP contribution in [0.4, 0.5) is 0 Å². The second kappa shape index (κ2) is 7.74. The first-order chi connectivity index (χ1) is 13.7. The van der Waals surface area contributed by atoms with Crippen molar-refractivity contribution in [3.05, 3.63) is 71.7 Å². The van der Waals surface area contributed by atoms with Crippen LogP contribution in [0.2, 0.25) is 0 Å². The lowest BCUT2D eigenvalue weighted by molar-refractivity contribution is -0.0246. The molecule has 3 aromatic rings. The first-order valence-electron chi connectivity index (χ1n) is 9.10. The standard InChI is InChI=1S/C21H20N4O3/c1-22-20(26)16-11-18(24-17-7-3-2-6-15(16)17)19-13-25(9-10-28-19)21(27)14-5-4-8-23-12-14/h2-8,11-12,19H,9-10,13H2,1H3,(H,22,26)/t19-/m1/s1. The van der Waals surface area contributed by atoms with Gasteiger partial charge in [-0.2, -0.15) is 0 Å². The monoisotopic (exact) mass is 376 g/mol. The number of hydrogen-bond donors (Lipinski definition) is 1. The first kappa shape index (κ1) is 18.1. The number of ether oxygens (including phenoxy) is 1. The molecule has 1 aliphatic rings. The molecule has 7 heteroatoms. The predicted octanol–water partition coefficient (Wildman–Crippen LogP) is 2.20. The molecule has 1 aliphatic heterocycles. The molecule has 2 amide bonds. The van der Waals surface area contributed by atoms with Gasteiger partial charge in [0, 0.05) is 31.4 Å². The average molecular weight is 376 g/mol. The summed E-state index contributed by atoms with van der Waals surface area (Å²) in [6, 6.07) is 12.7. The van der Waals surface area contributed by atoms with Crippen molar-refractivity contribution in [2.75, 3.05) is 26.7 Å². The zero-order chi connectivity index (χ0) is 19.5. The van der Waals surface area contributed by atoms with E-state index >= 15 is 0 Å². The van der Waals surface area contributed by atoms with Crippen LogP contribution in [0, 0.1) is 0 Å². The van der Waals surface area contributed by atoms with Crippen LogP contribution in [0.1, 0.15) is 32.5 Å². The Balaban J connectivity index is 1.66. The number of nitrogens with one attached hydrogen (secondary N) is 1. The van der Waals surface area contributed by atoms with Crippen molar-refractivity contribution in [1.29, 1.82) is 0 Å². The van der Waals surface area contributed by atoms with Crippen LogP contribution >= 0.6 is 0 Å². The smallest absolute Gasteiger partial charge is 0.255 e. The molecule has 3 heterocycles. The van der Waals surface area contributed by atoms with Gasteiger partial charge < -0.3 is 15.0 Å². The number of aromatic nitrogens is 2. The number of carbonyl (C=O) groups is 2. The van der Waals surface area contributed by atoms with E-state index in [0.29, 0.717) is 36.5 Å². The number of para-hydroxylation sites is 1. The second-order valence-electron chi connectivity index (χ2n) is 6.54. The van der Waals surface area contributed by atoms with E-state index in [0.717, 1.165) is 10.9 Å². The van der Waals surface area contributed by atoms with Crippen LogP contribution in [0.5, 0.6) is 0 Å². The van der Waals surface area contributed by atoms with E-state index < -0.39 is 6.10 Å². The fraction of sp³-hybridized carbons (Fsp3) is 0.238. The Hall–Kier alpha value is -3.32. The number of hydrogen-bond acceptors (Lipinski definition) is 5. The maximum Gasteiger partial charge on any atom is 0.255 e. The molecule has 0 saturated carbocycles.